The Balaban J connectivity index is 0.963. The predicted molar refractivity (Wildman–Crippen MR) is 241 cm³/mol. The molecule has 9 aromatic carbocycles. The molecule has 0 unspecified atom stereocenters. The van der Waals surface area contributed by atoms with E-state index in [0.29, 0.717) is 0 Å². The minimum atomic E-state index is 0.900. The van der Waals surface area contributed by atoms with Crippen LogP contribution in [0.1, 0.15) is 0 Å². The number of benzene rings is 9. The zero-order valence-electron chi connectivity index (χ0n) is 31.2. The normalized spacial score (nSPS) is 12.1. The summed E-state index contributed by atoms with van der Waals surface area (Å²) in [5, 5.41) is 9.41. The lowest BCUT2D eigenvalue weighted by atomic mass is 9.93. The van der Waals surface area contributed by atoms with Gasteiger partial charge in [0.25, 0.3) is 0 Å². The third-order valence-electron chi connectivity index (χ3n) is 12.1. The average Bonchev–Trinajstić information content (AvgIpc) is 4.03. The molecule has 0 saturated heterocycles. The molecule has 0 aliphatic rings. The first kappa shape index (κ1) is 31.4. The van der Waals surface area contributed by atoms with E-state index in [0.717, 1.165) is 55.3 Å². The van der Waals surface area contributed by atoms with E-state index in [1.807, 2.05) is 24.3 Å². The van der Waals surface area contributed by atoms with Crippen LogP contribution in [0.3, 0.4) is 0 Å². The van der Waals surface area contributed by atoms with Gasteiger partial charge in [0.1, 0.15) is 22.3 Å². The fourth-order valence-corrected chi connectivity index (χ4v) is 9.53. The predicted octanol–water partition coefficient (Wildman–Crippen LogP) is 15.0. The van der Waals surface area contributed by atoms with E-state index in [4.69, 9.17) is 8.83 Å². The van der Waals surface area contributed by atoms with E-state index in [1.54, 1.807) is 0 Å². The second kappa shape index (κ2) is 11.8. The van der Waals surface area contributed by atoms with Crippen molar-refractivity contribution in [2.24, 2.45) is 0 Å². The van der Waals surface area contributed by atoms with Crippen LogP contribution in [0.4, 0.5) is 0 Å². The minimum absolute atomic E-state index is 0.900. The van der Waals surface area contributed by atoms with Crippen LogP contribution in [0, 0.1) is 0 Å². The van der Waals surface area contributed by atoms with Gasteiger partial charge >= 0.3 is 0 Å². The molecule has 0 saturated carbocycles. The summed E-state index contributed by atoms with van der Waals surface area (Å²) in [4.78, 5) is 0. The summed E-state index contributed by atoms with van der Waals surface area (Å²) in [5.74, 6) is 0. The van der Waals surface area contributed by atoms with Gasteiger partial charge in [-0.1, -0.05) is 109 Å². The molecule has 0 aliphatic heterocycles. The number of hydrogen-bond donors (Lipinski definition) is 0. The van der Waals surface area contributed by atoms with Crippen LogP contribution in [-0.2, 0) is 0 Å². The van der Waals surface area contributed by atoms with E-state index >= 15 is 0 Å². The second-order valence-corrected chi connectivity index (χ2v) is 15.3. The van der Waals surface area contributed by atoms with Gasteiger partial charge in [-0.3, -0.25) is 0 Å². The highest BCUT2D eigenvalue weighted by atomic mass is 16.3. The highest BCUT2D eigenvalue weighted by Gasteiger charge is 2.19. The molecule has 13 aromatic rings. The molecule has 0 amide bonds. The molecule has 4 heterocycles. The lowest BCUT2D eigenvalue weighted by Crippen LogP contribution is -1.94. The Morgan fingerprint density at radius 3 is 1.12 bits per heavy atom. The zero-order valence-corrected chi connectivity index (χ0v) is 31.2. The summed E-state index contributed by atoms with van der Waals surface area (Å²) in [6.07, 6.45) is 0. The number of nitrogens with zero attached hydrogens (tertiary/aromatic N) is 2. The third-order valence-corrected chi connectivity index (χ3v) is 12.1. The van der Waals surface area contributed by atoms with Crippen LogP contribution < -0.4 is 0 Å². The van der Waals surface area contributed by atoms with Crippen LogP contribution in [0.2, 0.25) is 0 Å². The number of aromatic nitrogens is 2. The maximum atomic E-state index is 6.19. The van der Waals surface area contributed by atoms with Crippen molar-refractivity contribution in [2.75, 3.05) is 0 Å². The maximum absolute atomic E-state index is 6.19. The van der Waals surface area contributed by atoms with E-state index in [2.05, 4.69) is 179 Å². The summed E-state index contributed by atoms with van der Waals surface area (Å²) in [6, 6.07) is 69.8. The van der Waals surface area contributed by atoms with Gasteiger partial charge in [0.2, 0.25) is 0 Å². The molecule has 13 rings (SSSR count). The van der Waals surface area contributed by atoms with Gasteiger partial charge in [-0.05, 0) is 107 Å². The molecule has 0 radical (unpaired) electrons. The fraction of sp³-hybridized carbons (Fsp3) is 0. The highest BCUT2D eigenvalue weighted by molar-refractivity contribution is 6.14. The number of para-hydroxylation sites is 4. The molecular formula is C54H32N2O2. The van der Waals surface area contributed by atoms with Crippen LogP contribution in [0.15, 0.2) is 203 Å². The number of rotatable bonds is 4. The van der Waals surface area contributed by atoms with Crippen molar-refractivity contribution in [3.8, 4) is 33.6 Å². The van der Waals surface area contributed by atoms with Gasteiger partial charge in [0.15, 0.2) is 0 Å². The minimum Gasteiger partial charge on any atom is -0.456 e. The summed E-state index contributed by atoms with van der Waals surface area (Å²) < 4.78 is 17.2. The Labute approximate surface area is 332 Å². The van der Waals surface area contributed by atoms with Gasteiger partial charge in [-0.25, -0.2) is 0 Å². The molecule has 4 nitrogen and oxygen atoms in total. The highest BCUT2D eigenvalue weighted by Crippen LogP contribution is 2.42. The van der Waals surface area contributed by atoms with Crippen molar-refractivity contribution in [1.82, 2.24) is 9.13 Å². The number of fused-ring (bicyclic) bond motifs is 12. The van der Waals surface area contributed by atoms with Gasteiger partial charge < -0.3 is 18.0 Å². The topological polar surface area (TPSA) is 36.1 Å². The Bertz CT molecular complexity index is 3560. The summed E-state index contributed by atoms with van der Waals surface area (Å²) in [6.45, 7) is 0. The number of furan rings is 2. The number of hydrogen-bond acceptors (Lipinski definition) is 2. The molecule has 0 N–H and O–H groups in total. The first-order valence-corrected chi connectivity index (χ1v) is 19.7. The lowest BCUT2D eigenvalue weighted by molar-refractivity contribution is 0.668. The van der Waals surface area contributed by atoms with Crippen LogP contribution in [0.25, 0.3) is 121 Å². The fourth-order valence-electron chi connectivity index (χ4n) is 9.53. The molecule has 0 aliphatic carbocycles. The van der Waals surface area contributed by atoms with Crippen LogP contribution in [-0.4, -0.2) is 9.13 Å². The van der Waals surface area contributed by atoms with Crippen molar-refractivity contribution < 1.29 is 8.83 Å². The van der Waals surface area contributed by atoms with Gasteiger partial charge in [0.05, 0.1) is 22.1 Å². The average molecular weight is 741 g/mol. The molecule has 0 fully saturated rings. The van der Waals surface area contributed by atoms with Gasteiger partial charge in [-0.2, -0.15) is 0 Å². The van der Waals surface area contributed by atoms with Crippen molar-refractivity contribution in [2.45, 2.75) is 0 Å². The van der Waals surface area contributed by atoms with E-state index in [-0.39, 0.29) is 0 Å². The Morgan fingerprint density at radius 1 is 0.259 bits per heavy atom. The molecule has 58 heavy (non-hydrogen) atoms. The monoisotopic (exact) mass is 740 g/mol. The Morgan fingerprint density at radius 2 is 0.638 bits per heavy atom. The first-order chi connectivity index (χ1) is 28.7. The van der Waals surface area contributed by atoms with E-state index in [9.17, 15) is 0 Å². The molecule has 4 aromatic heterocycles. The van der Waals surface area contributed by atoms with Crippen molar-refractivity contribution in [3.05, 3.63) is 194 Å². The van der Waals surface area contributed by atoms with E-state index < -0.39 is 0 Å². The van der Waals surface area contributed by atoms with Gasteiger partial charge in [0, 0.05) is 54.5 Å². The third kappa shape index (κ3) is 4.45. The molecule has 0 bridgehead atoms. The molecule has 270 valence electrons. The molecule has 4 heteroatoms. The quantitative estimate of drug-likeness (QED) is 0.180. The smallest absolute Gasteiger partial charge is 0.135 e. The second-order valence-electron chi connectivity index (χ2n) is 15.3. The molecule has 0 spiro atoms. The Kier molecular flexibility index (Phi) is 6.41. The Hall–Kier alpha value is -7.82. The van der Waals surface area contributed by atoms with Crippen molar-refractivity contribution >= 4 is 87.5 Å². The summed E-state index contributed by atoms with van der Waals surface area (Å²) in [7, 11) is 0. The van der Waals surface area contributed by atoms with Crippen LogP contribution in [0.5, 0.6) is 0 Å². The van der Waals surface area contributed by atoms with E-state index in [1.165, 1.54) is 65.9 Å². The molecular weight excluding hydrogens is 709 g/mol. The largest absolute Gasteiger partial charge is 0.456 e. The summed E-state index contributed by atoms with van der Waals surface area (Å²) >= 11 is 0. The zero-order chi connectivity index (χ0) is 37.9. The van der Waals surface area contributed by atoms with Crippen LogP contribution >= 0.6 is 0 Å². The van der Waals surface area contributed by atoms with Crippen molar-refractivity contribution in [3.63, 3.8) is 0 Å². The standard InChI is InChI=1S/C54H32N2O2/c1-2-12-38(34-22-26-50-44(30-34)40-14-4-8-18-48(40)56(50)36-24-28-54-46(32-36)42-16-6-10-20-52(42)58-54)37(11-1)33-21-25-49-43(29-33)39-13-3-7-17-47(39)55(49)35-23-27-53-45(31-35)41-15-5-9-19-51(41)57-53/h1-32H. The van der Waals surface area contributed by atoms with Gasteiger partial charge in [-0.15, -0.1) is 0 Å². The maximum Gasteiger partial charge on any atom is 0.135 e. The SMILES string of the molecule is c1ccc(-c2ccc3c(c2)c2ccccc2n3-c2ccc3oc4ccccc4c3c2)c(-c2ccc3c(c2)c2ccccc2n3-c2ccc3oc4ccccc4c3c2)c1. The first-order valence-electron chi connectivity index (χ1n) is 19.7. The summed E-state index contributed by atoms with van der Waals surface area (Å²) in [5.41, 5.74) is 15.3. The molecule has 0 atom stereocenters. The lowest BCUT2D eigenvalue weighted by Gasteiger charge is -2.12. The van der Waals surface area contributed by atoms with Crippen molar-refractivity contribution in [1.29, 1.82) is 0 Å².